The number of hydrogen-bond donors (Lipinski definition) is 1. The highest BCUT2D eigenvalue weighted by Crippen LogP contribution is 2.18. The Kier molecular flexibility index (Phi) is 5.27. The second-order valence-electron chi connectivity index (χ2n) is 6.57. The quantitative estimate of drug-likeness (QED) is 0.699. The summed E-state index contributed by atoms with van der Waals surface area (Å²) in [6, 6.07) is 8.17. The number of nitrogens with zero attached hydrogens (tertiary/aromatic N) is 4. The highest BCUT2D eigenvalue weighted by molar-refractivity contribution is 7.99. The Hall–Kier alpha value is -2.41. The number of carbonyl (C=O) groups is 1. The Balaban J connectivity index is 1.61. The first-order valence-electron chi connectivity index (χ1n) is 8.54. The smallest absolute Gasteiger partial charge is 0.253 e. The fourth-order valence-corrected chi connectivity index (χ4v) is 3.37. The minimum atomic E-state index is -0.0413. The maximum Gasteiger partial charge on any atom is 0.253 e. The van der Waals surface area contributed by atoms with Crippen molar-refractivity contribution in [2.75, 3.05) is 5.75 Å². The molecule has 0 aliphatic rings. The van der Waals surface area contributed by atoms with E-state index in [0.29, 0.717) is 10.9 Å². The van der Waals surface area contributed by atoms with Gasteiger partial charge in [0.1, 0.15) is 0 Å². The van der Waals surface area contributed by atoms with Crippen molar-refractivity contribution in [3.8, 4) is 0 Å². The van der Waals surface area contributed by atoms with Crippen LogP contribution in [0, 0.1) is 27.7 Å². The molecule has 2 heterocycles. The van der Waals surface area contributed by atoms with Crippen molar-refractivity contribution in [1.82, 2.24) is 24.9 Å². The van der Waals surface area contributed by atoms with Crippen molar-refractivity contribution < 1.29 is 4.79 Å². The van der Waals surface area contributed by atoms with E-state index < -0.39 is 0 Å². The zero-order valence-corrected chi connectivity index (χ0v) is 16.5. The molecule has 0 aliphatic heterocycles. The van der Waals surface area contributed by atoms with Crippen LogP contribution in [0.3, 0.4) is 0 Å². The normalized spacial score (nSPS) is 12.3. The highest BCUT2D eigenvalue weighted by atomic mass is 32.2. The molecule has 0 saturated heterocycles. The van der Waals surface area contributed by atoms with Crippen LogP contribution in [-0.4, -0.2) is 31.2 Å². The SMILES string of the molecule is Cc1cc(C)n2nc(SCC(=O)N[C@@H](C)c3ccc(C)c(C)c3)nc2n1. The van der Waals surface area contributed by atoms with Crippen LogP contribution in [0.2, 0.25) is 0 Å². The fraction of sp³-hybridized carbons (Fsp3) is 0.368. The monoisotopic (exact) mass is 369 g/mol. The lowest BCUT2D eigenvalue weighted by Crippen LogP contribution is -2.28. The average Bonchev–Trinajstić information content (AvgIpc) is 2.98. The first-order valence-corrected chi connectivity index (χ1v) is 9.52. The molecule has 2 aromatic heterocycles. The summed E-state index contributed by atoms with van der Waals surface area (Å²) in [6.45, 7) is 10.0. The lowest BCUT2D eigenvalue weighted by atomic mass is 10.0. The van der Waals surface area contributed by atoms with E-state index in [4.69, 9.17) is 0 Å². The first-order chi connectivity index (χ1) is 12.3. The van der Waals surface area contributed by atoms with Crippen molar-refractivity contribution >= 4 is 23.4 Å². The number of carbonyl (C=O) groups excluding carboxylic acids is 1. The summed E-state index contributed by atoms with van der Waals surface area (Å²) in [4.78, 5) is 21.0. The van der Waals surface area contributed by atoms with Crippen molar-refractivity contribution in [2.45, 2.75) is 45.8 Å². The van der Waals surface area contributed by atoms with Gasteiger partial charge >= 0.3 is 0 Å². The summed E-state index contributed by atoms with van der Waals surface area (Å²) < 4.78 is 1.70. The third kappa shape index (κ3) is 4.04. The van der Waals surface area contributed by atoms with Crippen molar-refractivity contribution in [2.24, 2.45) is 0 Å². The average molecular weight is 369 g/mol. The van der Waals surface area contributed by atoms with Crippen LogP contribution in [0.15, 0.2) is 29.4 Å². The second kappa shape index (κ2) is 7.45. The lowest BCUT2D eigenvalue weighted by molar-refractivity contribution is -0.119. The summed E-state index contributed by atoms with van der Waals surface area (Å²) in [5.41, 5.74) is 5.45. The summed E-state index contributed by atoms with van der Waals surface area (Å²) in [6.07, 6.45) is 0. The number of aromatic nitrogens is 4. The van der Waals surface area contributed by atoms with E-state index in [2.05, 4.69) is 52.4 Å². The molecule has 1 atom stereocenters. The molecule has 3 rings (SSSR count). The molecular formula is C19H23N5OS. The Morgan fingerprint density at radius 3 is 2.65 bits per heavy atom. The molecule has 1 aromatic carbocycles. The molecule has 6 nitrogen and oxygen atoms in total. The Bertz CT molecular complexity index is 966. The van der Waals surface area contributed by atoms with Crippen LogP contribution in [-0.2, 0) is 4.79 Å². The summed E-state index contributed by atoms with van der Waals surface area (Å²) >= 11 is 1.32. The minimum Gasteiger partial charge on any atom is -0.349 e. The first kappa shape index (κ1) is 18.4. The van der Waals surface area contributed by atoms with Crippen LogP contribution in [0.4, 0.5) is 0 Å². The number of fused-ring (bicyclic) bond motifs is 1. The van der Waals surface area contributed by atoms with Gasteiger partial charge in [-0.25, -0.2) is 9.50 Å². The van der Waals surface area contributed by atoms with Gasteiger partial charge in [0.15, 0.2) is 0 Å². The number of rotatable bonds is 5. The van der Waals surface area contributed by atoms with E-state index in [1.54, 1.807) is 4.52 Å². The zero-order valence-electron chi connectivity index (χ0n) is 15.7. The third-order valence-electron chi connectivity index (χ3n) is 4.34. The van der Waals surface area contributed by atoms with Gasteiger partial charge in [0.05, 0.1) is 11.8 Å². The predicted molar refractivity (Wildman–Crippen MR) is 103 cm³/mol. The van der Waals surface area contributed by atoms with Gasteiger partial charge in [-0.3, -0.25) is 4.79 Å². The van der Waals surface area contributed by atoms with Gasteiger partial charge in [0.25, 0.3) is 5.78 Å². The van der Waals surface area contributed by atoms with Crippen LogP contribution >= 0.6 is 11.8 Å². The van der Waals surface area contributed by atoms with Crippen LogP contribution in [0.1, 0.15) is 41.0 Å². The van der Waals surface area contributed by atoms with Gasteiger partial charge in [0, 0.05) is 11.4 Å². The topological polar surface area (TPSA) is 72.2 Å². The molecule has 3 aromatic rings. The van der Waals surface area contributed by atoms with Gasteiger partial charge < -0.3 is 5.32 Å². The Morgan fingerprint density at radius 1 is 1.15 bits per heavy atom. The van der Waals surface area contributed by atoms with E-state index in [-0.39, 0.29) is 17.7 Å². The molecule has 0 unspecified atom stereocenters. The third-order valence-corrected chi connectivity index (χ3v) is 5.18. The van der Waals surface area contributed by atoms with Crippen LogP contribution in [0.5, 0.6) is 0 Å². The van der Waals surface area contributed by atoms with Crippen LogP contribution < -0.4 is 5.32 Å². The fourth-order valence-electron chi connectivity index (χ4n) is 2.74. The van der Waals surface area contributed by atoms with E-state index in [1.807, 2.05) is 26.8 Å². The van der Waals surface area contributed by atoms with Gasteiger partial charge in [-0.1, -0.05) is 30.0 Å². The molecular weight excluding hydrogens is 346 g/mol. The second-order valence-corrected chi connectivity index (χ2v) is 7.51. The predicted octanol–water partition coefficient (Wildman–Crippen LogP) is 3.33. The zero-order chi connectivity index (χ0) is 18.8. The number of thioether (sulfide) groups is 1. The number of amides is 1. The Morgan fingerprint density at radius 2 is 1.92 bits per heavy atom. The van der Waals surface area contributed by atoms with Crippen molar-refractivity contribution in [1.29, 1.82) is 0 Å². The molecule has 1 N–H and O–H groups in total. The van der Waals surface area contributed by atoms with E-state index in [1.165, 1.54) is 22.9 Å². The van der Waals surface area contributed by atoms with Crippen molar-refractivity contribution in [3.05, 3.63) is 52.3 Å². The van der Waals surface area contributed by atoms with E-state index >= 15 is 0 Å². The standard InChI is InChI=1S/C19H23N5OS/c1-11-6-7-16(8-12(11)2)15(5)21-17(25)10-26-19-22-18-20-13(3)9-14(4)24(18)23-19/h6-9,15H,10H2,1-5H3,(H,21,25)/t15-/m0/s1. The molecule has 0 saturated carbocycles. The molecule has 0 aliphatic carbocycles. The van der Waals surface area contributed by atoms with Gasteiger partial charge in [0.2, 0.25) is 11.1 Å². The minimum absolute atomic E-state index is 0.0389. The maximum atomic E-state index is 12.3. The molecule has 0 radical (unpaired) electrons. The molecule has 26 heavy (non-hydrogen) atoms. The summed E-state index contributed by atoms with van der Waals surface area (Å²) in [5.74, 6) is 0.791. The van der Waals surface area contributed by atoms with E-state index in [0.717, 1.165) is 17.0 Å². The van der Waals surface area contributed by atoms with Crippen molar-refractivity contribution in [3.63, 3.8) is 0 Å². The molecule has 0 spiro atoms. The number of nitrogens with one attached hydrogen (secondary N) is 1. The number of hydrogen-bond acceptors (Lipinski definition) is 5. The Labute approximate surface area is 157 Å². The summed E-state index contributed by atoms with van der Waals surface area (Å²) in [5, 5.41) is 8.00. The van der Waals surface area contributed by atoms with Gasteiger partial charge in [-0.15, -0.1) is 5.10 Å². The maximum absolute atomic E-state index is 12.3. The molecule has 1 amide bonds. The molecule has 0 fully saturated rings. The molecule has 0 bridgehead atoms. The van der Waals surface area contributed by atoms with Crippen LogP contribution in [0.25, 0.3) is 5.78 Å². The number of aryl methyl sites for hydroxylation is 4. The van der Waals surface area contributed by atoms with Gasteiger partial charge in [-0.05, 0) is 57.4 Å². The van der Waals surface area contributed by atoms with Gasteiger partial charge in [-0.2, -0.15) is 4.98 Å². The lowest BCUT2D eigenvalue weighted by Gasteiger charge is -2.15. The largest absolute Gasteiger partial charge is 0.349 e. The highest BCUT2D eigenvalue weighted by Gasteiger charge is 2.13. The number of benzene rings is 1. The van der Waals surface area contributed by atoms with E-state index in [9.17, 15) is 4.79 Å². The molecule has 7 heteroatoms. The summed E-state index contributed by atoms with van der Waals surface area (Å²) in [7, 11) is 0. The molecule has 136 valence electrons.